The fraction of sp³-hybridized carbons (Fsp3) is 0.600. The molecule has 1 atom stereocenters. The van der Waals surface area contributed by atoms with Gasteiger partial charge in [0.15, 0.2) is 0 Å². The quantitative estimate of drug-likeness (QED) is 0.797. The first-order valence-electron chi connectivity index (χ1n) is 7.67. The monoisotopic (exact) mass is 376 g/mol. The summed E-state index contributed by atoms with van der Waals surface area (Å²) in [7, 11) is 0. The zero-order valence-electron chi connectivity index (χ0n) is 12.6. The van der Waals surface area contributed by atoms with Crippen LogP contribution in [-0.2, 0) is 9.53 Å². The number of morpholine rings is 1. The third-order valence-electron chi connectivity index (χ3n) is 4.27. The van der Waals surface area contributed by atoms with Crippen LogP contribution in [0.1, 0.15) is 23.2 Å². The van der Waals surface area contributed by atoms with E-state index < -0.39 is 0 Å². The number of hydrogen-bond donors (Lipinski definition) is 0. The Bertz CT molecular complexity index is 602. The first-order chi connectivity index (χ1) is 11.1. The van der Waals surface area contributed by atoms with E-state index in [1.807, 2.05) is 4.90 Å². The van der Waals surface area contributed by atoms with Crippen molar-refractivity contribution in [1.82, 2.24) is 9.80 Å². The number of nitrogens with zero attached hydrogens (tertiary/aromatic N) is 2. The molecule has 0 aliphatic carbocycles. The van der Waals surface area contributed by atoms with E-state index in [1.54, 1.807) is 11.0 Å². The molecule has 126 valence electrons. The first kappa shape index (κ1) is 17.0. The van der Waals surface area contributed by atoms with Crippen molar-refractivity contribution in [3.8, 4) is 0 Å². The van der Waals surface area contributed by atoms with Crippen LogP contribution in [0.15, 0.2) is 6.07 Å². The summed E-state index contributed by atoms with van der Waals surface area (Å²) in [6.07, 6.45) is 1.64. The van der Waals surface area contributed by atoms with Crippen molar-refractivity contribution in [3.05, 3.63) is 20.3 Å². The van der Waals surface area contributed by atoms with Gasteiger partial charge < -0.3 is 14.5 Å². The highest BCUT2D eigenvalue weighted by molar-refractivity contribution is 7.20. The maximum Gasteiger partial charge on any atom is 0.256 e. The maximum atomic E-state index is 12.6. The zero-order valence-corrected chi connectivity index (χ0v) is 14.9. The summed E-state index contributed by atoms with van der Waals surface area (Å²) in [4.78, 5) is 28.8. The van der Waals surface area contributed by atoms with Crippen molar-refractivity contribution in [2.45, 2.75) is 12.8 Å². The molecule has 3 rings (SSSR count). The van der Waals surface area contributed by atoms with E-state index in [4.69, 9.17) is 27.9 Å². The Morgan fingerprint density at radius 3 is 2.57 bits per heavy atom. The number of halogens is 2. The number of carbonyl (C=O) groups is 2. The Morgan fingerprint density at radius 2 is 1.91 bits per heavy atom. The summed E-state index contributed by atoms with van der Waals surface area (Å²) in [5, 5.41) is 0. The number of hydrogen-bond acceptors (Lipinski definition) is 4. The largest absolute Gasteiger partial charge is 0.378 e. The van der Waals surface area contributed by atoms with Gasteiger partial charge >= 0.3 is 0 Å². The van der Waals surface area contributed by atoms with Crippen LogP contribution in [0.5, 0.6) is 0 Å². The normalized spacial score (nSPS) is 22.3. The Balaban J connectivity index is 1.66. The van der Waals surface area contributed by atoms with Gasteiger partial charge in [0.05, 0.1) is 29.0 Å². The van der Waals surface area contributed by atoms with E-state index in [1.165, 1.54) is 11.3 Å². The molecule has 1 aromatic heterocycles. The van der Waals surface area contributed by atoms with E-state index >= 15 is 0 Å². The summed E-state index contributed by atoms with van der Waals surface area (Å²) < 4.78 is 6.19. The molecule has 2 saturated heterocycles. The standard InChI is InChI=1S/C15H18Cl2N2O3S/c16-12-8-11(13(17)23-12)15(21)19-3-1-2-10(9-19)14(20)18-4-6-22-7-5-18/h8,10H,1-7,9H2/t10-/m0/s1. The minimum atomic E-state index is -0.141. The molecule has 0 saturated carbocycles. The van der Waals surface area contributed by atoms with Gasteiger partial charge in [-0.2, -0.15) is 0 Å². The summed E-state index contributed by atoms with van der Waals surface area (Å²) >= 11 is 13.2. The number of amides is 2. The number of ether oxygens (including phenoxy) is 1. The fourth-order valence-corrected chi connectivity index (χ4v) is 4.51. The van der Waals surface area contributed by atoms with Crippen molar-refractivity contribution in [1.29, 1.82) is 0 Å². The van der Waals surface area contributed by atoms with Crippen LogP contribution in [0.2, 0.25) is 8.67 Å². The van der Waals surface area contributed by atoms with Gasteiger partial charge in [-0.05, 0) is 18.9 Å². The Labute approximate surface area is 149 Å². The molecule has 2 amide bonds. The minimum Gasteiger partial charge on any atom is -0.378 e. The van der Waals surface area contributed by atoms with Crippen LogP contribution in [0.3, 0.4) is 0 Å². The second-order valence-electron chi connectivity index (χ2n) is 5.77. The molecular formula is C15H18Cl2N2O3S. The summed E-state index contributed by atoms with van der Waals surface area (Å²) in [5.41, 5.74) is 0.432. The van der Waals surface area contributed by atoms with Crippen molar-refractivity contribution >= 4 is 46.4 Å². The van der Waals surface area contributed by atoms with Crippen molar-refractivity contribution < 1.29 is 14.3 Å². The van der Waals surface area contributed by atoms with Crippen molar-refractivity contribution in [3.63, 3.8) is 0 Å². The Morgan fingerprint density at radius 1 is 1.17 bits per heavy atom. The average molecular weight is 377 g/mol. The molecular weight excluding hydrogens is 359 g/mol. The summed E-state index contributed by atoms with van der Waals surface area (Å²) in [5.74, 6) is -0.156. The van der Waals surface area contributed by atoms with E-state index in [0.717, 1.165) is 12.8 Å². The predicted molar refractivity (Wildman–Crippen MR) is 90.4 cm³/mol. The molecule has 0 aromatic carbocycles. The van der Waals surface area contributed by atoms with Gasteiger partial charge in [0, 0.05) is 26.2 Å². The van der Waals surface area contributed by atoms with E-state index in [-0.39, 0.29) is 17.7 Å². The summed E-state index contributed by atoms with van der Waals surface area (Å²) in [6, 6.07) is 1.60. The molecule has 3 heterocycles. The van der Waals surface area contributed by atoms with Gasteiger partial charge in [0.1, 0.15) is 4.34 Å². The first-order valence-corrected chi connectivity index (χ1v) is 9.24. The third kappa shape index (κ3) is 3.82. The van der Waals surface area contributed by atoms with E-state index in [0.29, 0.717) is 53.6 Å². The molecule has 0 N–H and O–H groups in total. The molecule has 0 radical (unpaired) electrons. The lowest BCUT2D eigenvalue weighted by atomic mass is 9.96. The van der Waals surface area contributed by atoms with Gasteiger partial charge in [0.25, 0.3) is 5.91 Å². The lowest BCUT2D eigenvalue weighted by Crippen LogP contribution is -2.49. The predicted octanol–water partition coefficient (Wildman–Crippen LogP) is 2.77. The second kappa shape index (κ2) is 7.38. The fourth-order valence-electron chi connectivity index (χ4n) is 3.06. The number of likely N-dealkylation sites (tertiary alicyclic amines) is 1. The molecule has 2 aliphatic rings. The van der Waals surface area contributed by atoms with E-state index in [2.05, 4.69) is 0 Å². The molecule has 2 fully saturated rings. The van der Waals surface area contributed by atoms with Gasteiger partial charge in [-0.1, -0.05) is 23.2 Å². The molecule has 8 heteroatoms. The van der Waals surface area contributed by atoms with Crippen LogP contribution < -0.4 is 0 Å². The Hall–Kier alpha value is -0.820. The molecule has 1 aromatic rings. The molecule has 5 nitrogen and oxygen atoms in total. The molecule has 23 heavy (non-hydrogen) atoms. The number of thiophene rings is 1. The van der Waals surface area contributed by atoms with Crippen LogP contribution in [0.4, 0.5) is 0 Å². The van der Waals surface area contributed by atoms with Crippen LogP contribution in [-0.4, -0.2) is 61.0 Å². The van der Waals surface area contributed by atoms with Crippen LogP contribution >= 0.6 is 34.5 Å². The number of piperidine rings is 1. The molecule has 2 aliphatic heterocycles. The number of rotatable bonds is 2. The van der Waals surface area contributed by atoms with Crippen LogP contribution in [0, 0.1) is 5.92 Å². The third-order valence-corrected chi connectivity index (χ3v) is 5.76. The smallest absolute Gasteiger partial charge is 0.256 e. The van der Waals surface area contributed by atoms with E-state index in [9.17, 15) is 9.59 Å². The highest BCUT2D eigenvalue weighted by Gasteiger charge is 2.33. The van der Waals surface area contributed by atoms with Crippen LogP contribution in [0.25, 0.3) is 0 Å². The lowest BCUT2D eigenvalue weighted by Gasteiger charge is -2.36. The average Bonchev–Trinajstić information content (AvgIpc) is 2.93. The molecule has 0 bridgehead atoms. The number of carbonyl (C=O) groups excluding carboxylic acids is 2. The van der Waals surface area contributed by atoms with Gasteiger partial charge in [0.2, 0.25) is 5.91 Å². The van der Waals surface area contributed by atoms with Crippen molar-refractivity contribution in [2.24, 2.45) is 5.92 Å². The second-order valence-corrected chi connectivity index (χ2v) is 8.05. The zero-order chi connectivity index (χ0) is 16.4. The maximum absolute atomic E-state index is 12.6. The highest BCUT2D eigenvalue weighted by atomic mass is 35.5. The lowest BCUT2D eigenvalue weighted by molar-refractivity contribution is -0.141. The molecule has 0 unspecified atom stereocenters. The van der Waals surface area contributed by atoms with Gasteiger partial charge in [-0.25, -0.2) is 0 Å². The SMILES string of the molecule is O=C(c1cc(Cl)sc1Cl)N1CCC[C@H](C(=O)N2CCOCC2)C1. The topological polar surface area (TPSA) is 49.9 Å². The summed E-state index contributed by atoms with van der Waals surface area (Å²) in [6.45, 7) is 3.53. The van der Waals surface area contributed by atoms with Gasteiger partial charge in [-0.3, -0.25) is 9.59 Å². The van der Waals surface area contributed by atoms with Crippen molar-refractivity contribution in [2.75, 3.05) is 39.4 Å². The highest BCUT2D eigenvalue weighted by Crippen LogP contribution is 2.33. The van der Waals surface area contributed by atoms with Gasteiger partial charge in [-0.15, -0.1) is 11.3 Å². The molecule has 0 spiro atoms. The Kier molecular flexibility index (Phi) is 5.46. The minimum absolute atomic E-state index is 0.125.